The molecule has 1 aliphatic heterocycles. The third-order valence-corrected chi connectivity index (χ3v) is 3.05. The van der Waals surface area contributed by atoms with Gasteiger partial charge in [-0.1, -0.05) is 18.2 Å². The van der Waals surface area contributed by atoms with Crippen molar-refractivity contribution in [2.75, 3.05) is 24.5 Å². The molecular weight excluding hydrogens is 242 g/mol. The zero-order valence-corrected chi connectivity index (χ0v) is 10.7. The van der Waals surface area contributed by atoms with E-state index in [9.17, 15) is 9.59 Å². The maximum atomic E-state index is 12.0. The number of rotatable bonds is 3. The van der Waals surface area contributed by atoms with E-state index in [1.807, 2.05) is 36.4 Å². The van der Waals surface area contributed by atoms with Crippen molar-refractivity contribution >= 4 is 17.5 Å². The highest BCUT2D eigenvalue weighted by atomic mass is 16.2. The average Bonchev–Trinajstić information content (AvgIpc) is 2.43. The summed E-state index contributed by atoms with van der Waals surface area (Å²) in [4.78, 5) is 26.9. The van der Waals surface area contributed by atoms with Crippen LogP contribution in [0.15, 0.2) is 30.3 Å². The normalized spacial score (nSPS) is 17.3. The van der Waals surface area contributed by atoms with E-state index in [1.54, 1.807) is 11.8 Å². The van der Waals surface area contributed by atoms with Gasteiger partial charge in [-0.2, -0.15) is 5.26 Å². The number of carbonyl (C=O) groups is 2. The Balaban J connectivity index is 2.09. The number of nitriles is 1. The van der Waals surface area contributed by atoms with E-state index in [4.69, 9.17) is 5.26 Å². The van der Waals surface area contributed by atoms with Crippen LogP contribution in [0.25, 0.3) is 0 Å². The lowest BCUT2D eigenvalue weighted by Crippen LogP contribution is -2.55. The number of hydrogen-bond donors (Lipinski definition) is 0. The Hall–Kier alpha value is -2.35. The van der Waals surface area contributed by atoms with Gasteiger partial charge in [0.15, 0.2) is 0 Å². The molecule has 2 amide bonds. The summed E-state index contributed by atoms with van der Waals surface area (Å²) in [5, 5.41) is 8.76. The van der Waals surface area contributed by atoms with E-state index >= 15 is 0 Å². The Morgan fingerprint density at radius 3 is 2.32 bits per heavy atom. The zero-order valence-electron chi connectivity index (χ0n) is 10.7. The number of hydrogen-bond acceptors (Lipinski definition) is 4. The van der Waals surface area contributed by atoms with E-state index in [-0.39, 0.29) is 37.4 Å². The molecule has 0 bridgehead atoms. The van der Waals surface area contributed by atoms with Crippen LogP contribution in [0.1, 0.15) is 6.92 Å². The smallest absolute Gasteiger partial charge is 0.248 e. The summed E-state index contributed by atoms with van der Waals surface area (Å²) in [6, 6.07) is 11.4. The Morgan fingerprint density at radius 2 is 1.79 bits per heavy atom. The van der Waals surface area contributed by atoms with E-state index in [0.29, 0.717) is 0 Å². The number of nitrogens with zero attached hydrogens (tertiary/aromatic N) is 3. The summed E-state index contributed by atoms with van der Waals surface area (Å²) >= 11 is 0. The number of para-hydroxylation sites is 1. The van der Waals surface area contributed by atoms with Gasteiger partial charge in [0.25, 0.3) is 0 Å². The zero-order chi connectivity index (χ0) is 13.8. The minimum atomic E-state index is -0.337. The van der Waals surface area contributed by atoms with Gasteiger partial charge in [-0.25, -0.2) is 0 Å². The molecule has 98 valence electrons. The van der Waals surface area contributed by atoms with Crippen molar-refractivity contribution in [3.05, 3.63) is 30.3 Å². The summed E-state index contributed by atoms with van der Waals surface area (Å²) < 4.78 is 0. The van der Waals surface area contributed by atoms with Crippen molar-refractivity contribution in [2.45, 2.75) is 6.92 Å². The van der Waals surface area contributed by atoms with Gasteiger partial charge in [0.2, 0.25) is 11.8 Å². The standard InChI is InChI=1S/C14H15N3O2/c1-11(7-15)8-17-13(18)9-16(10-14(17)19)12-5-3-2-4-6-12/h2-6,11H,8-10H2,1H3. The minimum absolute atomic E-state index is 0.175. The topological polar surface area (TPSA) is 64.4 Å². The lowest BCUT2D eigenvalue weighted by molar-refractivity contribution is -0.145. The Morgan fingerprint density at radius 1 is 1.21 bits per heavy atom. The van der Waals surface area contributed by atoms with E-state index in [1.165, 1.54) is 4.90 Å². The molecule has 0 saturated carbocycles. The van der Waals surface area contributed by atoms with Crippen molar-refractivity contribution < 1.29 is 9.59 Å². The van der Waals surface area contributed by atoms with Crippen LogP contribution >= 0.6 is 0 Å². The first-order valence-electron chi connectivity index (χ1n) is 6.14. The fourth-order valence-electron chi connectivity index (χ4n) is 2.03. The first kappa shape index (κ1) is 13.1. The molecule has 0 aromatic heterocycles. The van der Waals surface area contributed by atoms with Gasteiger partial charge in [-0.3, -0.25) is 14.5 Å². The second-order valence-electron chi connectivity index (χ2n) is 4.62. The van der Waals surface area contributed by atoms with Crippen molar-refractivity contribution in [3.63, 3.8) is 0 Å². The molecular formula is C14H15N3O2. The van der Waals surface area contributed by atoms with Crippen molar-refractivity contribution in [2.24, 2.45) is 5.92 Å². The summed E-state index contributed by atoms with van der Waals surface area (Å²) in [5.41, 5.74) is 0.859. The quantitative estimate of drug-likeness (QED) is 0.758. The molecule has 2 rings (SSSR count). The van der Waals surface area contributed by atoms with E-state index in [2.05, 4.69) is 0 Å². The summed E-state index contributed by atoms with van der Waals surface area (Å²) in [7, 11) is 0. The second kappa shape index (κ2) is 5.53. The van der Waals surface area contributed by atoms with Gasteiger partial charge in [-0.05, 0) is 19.1 Å². The molecule has 1 saturated heterocycles. The molecule has 1 unspecified atom stereocenters. The van der Waals surface area contributed by atoms with Crippen LogP contribution < -0.4 is 4.90 Å². The highest BCUT2D eigenvalue weighted by molar-refractivity contribution is 6.02. The molecule has 1 aromatic rings. The molecule has 0 N–H and O–H groups in total. The molecule has 5 heteroatoms. The van der Waals surface area contributed by atoms with Gasteiger partial charge in [0, 0.05) is 12.2 Å². The molecule has 0 radical (unpaired) electrons. The SMILES string of the molecule is CC(C#N)CN1C(=O)CN(c2ccccc2)CC1=O. The van der Waals surface area contributed by atoms with Gasteiger partial charge in [-0.15, -0.1) is 0 Å². The molecule has 1 aromatic carbocycles. The largest absolute Gasteiger partial charge is 0.353 e. The molecule has 0 spiro atoms. The maximum absolute atomic E-state index is 12.0. The van der Waals surface area contributed by atoms with E-state index in [0.717, 1.165) is 5.69 Å². The van der Waals surface area contributed by atoms with Crippen LogP contribution in [0, 0.1) is 17.2 Å². The molecule has 19 heavy (non-hydrogen) atoms. The number of piperazine rings is 1. The highest BCUT2D eigenvalue weighted by Crippen LogP contribution is 2.17. The molecule has 1 atom stereocenters. The summed E-state index contributed by atoms with van der Waals surface area (Å²) in [6.45, 7) is 2.22. The molecule has 1 heterocycles. The third kappa shape index (κ3) is 2.91. The van der Waals surface area contributed by atoms with Crippen molar-refractivity contribution in [1.29, 1.82) is 5.26 Å². The number of carbonyl (C=O) groups excluding carboxylic acids is 2. The number of anilines is 1. The lowest BCUT2D eigenvalue weighted by Gasteiger charge is -2.34. The first-order valence-corrected chi connectivity index (χ1v) is 6.14. The first-order chi connectivity index (χ1) is 9.11. The average molecular weight is 257 g/mol. The van der Waals surface area contributed by atoms with Crippen molar-refractivity contribution in [3.8, 4) is 6.07 Å². The summed E-state index contributed by atoms with van der Waals surface area (Å²) in [6.07, 6.45) is 0. The third-order valence-electron chi connectivity index (χ3n) is 3.05. The minimum Gasteiger partial charge on any atom is -0.353 e. The van der Waals surface area contributed by atoms with Crippen LogP contribution in [0.5, 0.6) is 0 Å². The van der Waals surface area contributed by atoms with Gasteiger partial charge >= 0.3 is 0 Å². The molecule has 1 aliphatic rings. The second-order valence-corrected chi connectivity index (χ2v) is 4.62. The Bertz CT molecular complexity index is 503. The molecule has 5 nitrogen and oxygen atoms in total. The highest BCUT2D eigenvalue weighted by Gasteiger charge is 2.31. The predicted molar refractivity (Wildman–Crippen MR) is 70.2 cm³/mol. The molecule has 1 fully saturated rings. The Kier molecular flexibility index (Phi) is 3.81. The van der Waals surface area contributed by atoms with Crippen LogP contribution in [0.4, 0.5) is 5.69 Å². The van der Waals surface area contributed by atoms with Crippen LogP contribution in [0.2, 0.25) is 0 Å². The fourth-order valence-corrected chi connectivity index (χ4v) is 2.03. The lowest BCUT2D eigenvalue weighted by atomic mass is 10.1. The van der Waals surface area contributed by atoms with Crippen LogP contribution in [-0.4, -0.2) is 36.3 Å². The summed E-state index contributed by atoms with van der Waals surface area (Å²) in [5.74, 6) is -0.833. The molecule has 0 aliphatic carbocycles. The van der Waals surface area contributed by atoms with E-state index < -0.39 is 0 Å². The predicted octanol–water partition coefficient (Wildman–Crippen LogP) is 1.02. The number of amides is 2. The van der Waals surface area contributed by atoms with Gasteiger partial charge < -0.3 is 4.90 Å². The number of imide groups is 1. The van der Waals surface area contributed by atoms with Crippen LogP contribution in [-0.2, 0) is 9.59 Å². The van der Waals surface area contributed by atoms with Crippen LogP contribution in [0.3, 0.4) is 0 Å². The van der Waals surface area contributed by atoms with Gasteiger partial charge in [0.05, 0.1) is 25.1 Å². The maximum Gasteiger partial charge on any atom is 0.248 e. The fraction of sp³-hybridized carbons (Fsp3) is 0.357. The van der Waals surface area contributed by atoms with Gasteiger partial charge in [0.1, 0.15) is 0 Å². The number of benzene rings is 1. The monoisotopic (exact) mass is 257 g/mol. The Labute approximate surface area is 112 Å². The van der Waals surface area contributed by atoms with Crippen molar-refractivity contribution in [1.82, 2.24) is 4.90 Å².